The second kappa shape index (κ2) is 13.3. The van der Waals surface area contributed by atoms with Gasteiger partial charge in [0.25, 0.3) is 0 Å². The lowest BCUT2D eigenvalue weighted by Gasteiger charge is -2.25. The molecule has 2 aliphatic rings. The van der Waals surface area contributed by atoms with Crippen LogP contribution in [0.4, 0.5) is 0 Å². The molecule has 6 rings (SSSR count). The molecule has 3 heterocycles. The summed E-state index contributed by atoms with van der Waals surface area (Å²) in [6.45, 7) is 12.7. The van der Waals surface area contributed by atoms with Gasteiger partial charge in [0, 0.05) is 28.5 Å². The summed E-state index contributed by atoms with van der Waals surface area (Å²) in [5.41, 5.74) is 2.36. The molecule has 0 aliphatic carbocycles. The van der Waals surface area contributed by atoms with Crippen LogP contribution in [0.2, 0.25) is 0 Å². The third kappa shape index (κ3) is 8.50. The normalized spacial score (nSPS) is 17.4. The summed E-state index contributed by atoms with van der Waals surface area (Å²) in [7, 11) is -7.00. The van der Waals surface area contributed by atoms with E-state index in [1.165, 1.54) is 0 Å². The molecule has 0 bridgehead atoms. The maximum atomic E-state index is 11.4. The van der Waals surface area contributed by atoms with Crippen LogP contribution in [-0.4, -0.2) is 48.3 Å². The number of hydrogen-bond acceptors (Lipinski definition) is 10. The lowest BCUT2D eigenvalue weighted by Crippen LogP contribution is -2.34. The molecule has 10 nitrogen and oxygen atoms in total. The van der Waals surface area contributed by atoms with Crippen LogP contribution in [0.25, 0.3) is 11.0 Å². The summed E-state index contributed by atoms with van der Waals surface area (Å²) in [5, 5.41) is 1.16. The second-order valence-electron chi connectivity index (χ2n) is 11.8. The monoisotopic (exact) mass is 660 g/mol. The van der Waals surface area contributed by atoms with Crippen molar-refractivity contribution in [3.63, 3.8) is 0 Å². The Balaban J connectivity index is 0.000000162. The van der Waals surface area contributed by atoms with Crippen LogP contribution in [0.5, 0.6) is 23.0 Å². The highest BCUT2D eigenvalue weighted by Crippen LogP contribution is 2.45. The number of hydrogen-bond donors (Lipinski definition) is 0. The first-order chi connectivity index (χ1) is 21.0. The highest BCUT2D eigenvalue weighted by atomic mass is 32.2. The van der Waals surface area contributed by atoms with Crippen LogP contribution in [0.3, 0.4) is 0 Å². The summed E-state index contributed by atoms with van der Waals surface area (Å²) in [6, 6.07) is 20.0. The molecular weight excluding hydrogens is 620 g/mol. The zero-order valence-corrected chi connectivity index (χ0v) is 28.2. The van der Waals surface area contributed by atoms with Crippen molar-refractivity contribution in [3.8, 4) is 23.0 Å². The van der Waals surface area contributed by atoms with Crippen LogP contribution in [-0.2, 0) is 35.8 Å². The first-order valence-corrected chi connectivity index (χ1v) is 17.9. The van der Waals surface area contributed by atoms with Crippen molar-refractivity contribution in [2.24, 2.45) is 0 Å². The Hall–Kier alpha value is -3.74. The minimum Gasteiger partial charge on any atom is -0.492 e. The first-order valence-electron chi connectivity index (χ1n) is 14.5. The molecule has 0 fully saturated rings. The van der Waals surface area contributed by atoms with E-state index in [-0.39, 0.29) is 28.6 Å². The van der Waals surface area contributed by atoms with E-state index in [4.69, 9.17) is 27.0 Å². The van der Waals surface area contributed by atoms with Gasteiger partial charge in [-0.2, -0.15) is 16.8 Å². The molecule has 244 valence electrons. The minimum absolute atomic E-state index is 0.0377. The first kappa shape index (κ1) is 34.1. The van der Waals surface area contributed by atoms with Gasteiger partial charge >= 0.3 is 20.2 Å². The minimum atomic E-state index is -3.53. The van der Waals surface area contributed by atoms with Crippen LogP contribution >= 0.6 is 0 Å². The number of ether oxygens (including phenoxy) is 3. The summed E-state index contributed by atoms with van der Waals surface area (Å²) in [6.07, 6.45) is 2.34. The molecule has 4 aromatic rings. The predicted molar refractivity (Wildman–Crippen MR) is 172 cm³/mol. The Morgan fingerprint density at radius 2 is 1.47 bits per heavy atom. The van der Waals surface area contributed by atoms with Gasteiger partial charge in [0.15, 0.2) is 0 Å². The molecular formula is C33H40O10S2. The molecule has 0 radical (unpaired) electrons. The summed E-state index contributed by atoms with van der Waals surface area (Å²) in [4.78, 5) is 0. The topological polar surface area (TPSA) is 128 Å². The highest BCUT2D eigenvalue weighted by molar-refractivity contribution is 7.87. The molecule has 1 unspecified atom stereocenters. The zero-order chi connectivity index (χ0) is 33.0. The van der Waals surface area contributed by atoms with Crippen molar-refractivity contribution in [3.05, 3.63) is 84.1 Å². The Bertz CT molecular complexity index is 1810. The van der Waals surface area contributed by atoms with Gasteiger partial charge in [-0.15, -0.1) is 0 Å². The highest BCUT2D eigenvalue weighted by Gasteiger charge is 2.42. The fourth-order valence-electron chi connectivity index (χ4n) is 4.79. The predicted octanol–water partition coefficient (Wildman–Crippen LogP) is 6.58. The van der Waals surface area contributed by atoms with E-state index in [1.807, 2.05) is 51.1 Å². The fourth-order valence-corrected chi connectivity index (χ4v) is 5.76. The number of furan rings is 1. The lowest BCUT2D eigenvalue weighted by molar-refractivity contribution is -0.0981. The Kier molecular flexibility index (Phi) is 10.1. The maximum Gasteiger partial charge on any atom is 0.308 e. The van der Waals surface area contributed by atoms with Gasteiger partial charge in [-0.25, -0.2) is 0 Å². The molecule has 12 heteroatoms. The van der Waals surface area contributed by atoms with Crippen LogP contribution in [0, 0.1) is 0 Å². The van der Waals surface area contributed by atoms with E-state index in [1.54, 1.807) is 49.6 Å². The van der Waals surface area contributed by atoms with Gasteiger partial charge < -0.3 is 27.0 Å². The molecule has 0 saturated carbocycles. The molecule has 45 heavy (non-hydrogen) atoms. The molecule has 2 aliphatic heterocycles. The third-order valence-corrected chi connectivity index (χ3v) is 8.89. The molecule has 0 spiro atoms. The van der Waals surface area contributed by atoms with E-state index in [0.717, 1.165) is 34.1 Å². The van der Waals surface area contributed by atoms with Crippen LogP contribution < -0.4 is 17.8 Å². The maximum absolute atomic E-state index is 11.4. The van der Waals surface area contributed by atoms with E-state index in [0.29, 0.717) is 24.7 Å². The van der Waals surface area contributed by atoms with E-state index >= 15 is 0 Å². The van der Waals surface area contributed by atoms with Crippen LogP contribution in [0.15, 0.2) is 77.4 Å². The summed E-state index contributed by atoms with van der Waals surface area (Å²) in [5.74, 6) is 2.10. The van der Waals surface area contributed by atoms with Crippen molar-refractivity contribution in [2.45, 2.75) is 58.7 Å². The van der Waals surface area contributed by atoms with E-state index in [2.05, 4.69) is 13.8 Å². The van der Waals surface area contributed by atoms with Gasteiger partial charge in [0.2, 0.25) is 6.29 Å². The molecule has 3 aromatic carbocycles. The summed E-state index contributed by atoms with van der Waals surface area (Å²) >= 11 is 0. The zero-order valence-electron chi connectivity index (χ0n) is 26.5. The number of rotatable bonds is 7. The average molecular weight is 661 g/mol. The van der Waals surface area contributed by atoms with Crippen LogP contribution in [0.1, 0.15) is 52.7 Å². The molecule has 1 aromatic heterocycles. The van der Waals surface area contributed by atoms with Crippen molar-refractivity contribution in [1.82, 2.24) is 0 Å². The fraction of sp³-hybridized carbons (Fsp3) is 0.394. The van der Waals surface area contributed by atoms with Crippen molar-refractivity contribution in [1.29, 1.82) is 0 Å². The van der Waals surface area contributed by atoms with E-state index in [9.17, 15) is 16.8 Å². The number of fused-ring (bicyclic) bond motifs is 3. The Morgan fingerprint density at radius 3 is 2.11 bits per heavy atom. The second-order valence-corrected chi connectivity index (χ2v) is 15.2. The Morgan fingerprint density at radius 1 is 0.822 bits per heavy atom. The molecule has 0 N–H and O–H groups in total. The third-order valence-electron chi connectivity index (χ3n) is 7.24. The van der Waals surface area contributed by atoms with Crippen molar-refractivity contribution < 1.29 is 43.8 Å². The molecule has 0 saturated heterocycles. The van der Waals surface area contributed by atoms with Gasteiger partial charge in [-0.3, -0.25) is 0 Å². The van der Waals surface area contributed by atoms with Gasteiger partial charge in [0.05, 0.1) is 30.3 Å². The lowest BCUT2D eigenvalue weighted by atomic mass is 9.85. The van der Waals surface area contributed by atoms with Gasteiger partial charge in [-0.05, 0) is 76.2 Å². The van der Waals surface area contributed by atoms with Gasteiger partial charge in [0.1, 0.15) is 28.6 Å². The van der Waals surface area contributed by atoms with Gasteiger partial charge in [-0.1, -0.05) is 32.0 Å². The quantitative estimate of drug-likeness (QED) is 0.201. The van der Waals surface area contributed by atoms with Crippen molar-refractivity contribution >= 4 is 31.2 Å². The standard InChI is InChI=1S/C13H18O5S.C12H16O4S.C8H6O/c1-5-16-12-13(2,3)10-8-9(18-19(4,14)15)6-7-11(10)17-12;1-4-17(13,14)16-9-5-6-11-10(7-9)12(2,3)8-15-11;1-2-4-8-7(3-1)5-6-9-8/h6-8,12H,5H2,1-4H3;5-7H,4,8H2,1-3H3;1-6H. The average Bonchev–Trinajstić information content (AvgIpc) is 3.63. The van der Waals surface area contributed by atoms with Crippen molar-refractivity contribution in [2.75, 3.05) is 25.2 Å². The molecule has 0 amide bonds. The SMILES string of the molecule is CCOC1Oc2ccc(OS(C)(=O)=O)cc2C1(C)C.CCS(=O)(=O)Oc1ccc2c(c1)C(C)(C)CO2.c1ccc2occc2c1. The molecule has 1 atom stereocenters. The largest absolute Gasteiger partial charge is 0.492 e. The smallest absolute Gasteiger partial charge is 0.308 e. The summed E-state index contributed by atoms with van der Waals surface area (Å²) < 4.78 is 76.9. The number of para-hydroxylation sites is 1. The number of benzene rings is 3. The Labute approximate surface area is 265 Å². The van der Waals surface area contributed by atoms with E-state index < -0.39 is 20.2 Å².